The average Bonchev–Trinajstić information content (AvgIpc) is 3.09. The highest BCUT2D eigenvalue weighted by Crippen LogP contribution is 2.35. The van der Waals surface area contributed by atoms with Crippen molar-refractivity contribution in [1.29, 1.82) is 0 Å². The average molecular weight is 323 g/mol. The minimum Gasteiger partial charge on any atom is -0.399 e. The first kappa shape index (κ1) is 14.1. The minimum absolute atomic E-state index is 0.746. The first-order valence-corrected chi connectivity index (χ1v) is 8.38. The lowest BCUT2D eigenvalue weighted by molar-refractivity contribution is 1.31. The highest BCUT2D eigenvalue weighted by molar-refractivity contribution is 6.23. The fourth-order valence-electron chi connectivity index (χ4n) is 3.65. The van der Waals surface area contributed by atoms with Gasteiger partial charge in [0, 0.05) is 22.0 Å². The van der Waals surface area contributed by atoms with E-state index >= 15 is 0 Å². The number of nitrogen functional groups attached to an aromatic ring is 1. The summed E-state index contributed by atoms with van der Waals surface area (Å²) in [6.45, 7) is 2.08. The Kier molecular flexibility index (Phi) is 2.86. The number of imidazole rings is 1. The van der Waals surface area contributed by atoms with Crippen molar-refractivity contribution in [3.8, 4) is 11.4 Å². The second kappa shape index (κ2) is 5.08. The quantitative estimate of drug-likeness (QED) is 0.319. The third-order valence-electron chi connectivity index (χ3n) is 4.89. The molecule has 0 amide bonds. The van der Waals surface area contributed by atoms with Gasteiger partial charge in [0.2, 0.25) is 0 Å². The summed E-state index contributed by atoms with van der Waals surface area (Å²) in [5, 5.41) is 4.83. The Morgan fingerprint density at radius 1 is 0.800 bits per heavy atom. The van der Waals surface area contributed by atoms with Crippen LogP contribution in [0.5, 0.6) is 0 Å². The molecule has 3 heteroatoms. The zero-order valence-corrected chi connectivity index (χ0v) is 13.9. The van der Waals surface area contributed by atoms with Crippen LogP contribution in [0.3, 0.4) is 0 Å². The van der Waals surface area contributed by atoms with Crippen LogP contribution in [0.4, 0.5) is 5.69 Å². The molecule has 0 radical (unpaired) electrons. The van der Waals surface area contributed by atoms with E-state index in [4.69, 9.17) is 10.7 Å². The molecule has 25 heavy (non-hydrogen) atoms. The highest BCUT2D eigenvalue weighted by atomic mass is 14.9. The molecule has 0 saturated heterocycles. The van der Waals surface area contributed by atoms with E-state index in [1.54, 1.807) is 0 Å². The molecule has 0 aliphatic heterocycles. The normalized spacial score (nSPS) is 11.6. The van der Waals surface area contributed by atoms with Gasteiger partial charge in [-0.05, 0) is 35.4 Å². The number of benzene rings is 4. The predicted molar refractivity (Wildman–Crippen MR) is 106 cm³/mol. The van der Waals surface area contributed by atoms with E-state index in [1.165, 1.54) is 21.5 Å². The molecule has 0 atom stereocenters. The number of nitrogens with two attached hydrogens (primary N) is 1. The number of rotatable bonds is 1. The number of aromatic nitrogens is 2. The summed E-state index contributed by atoms with van der Waals surface area (Å²) in [6.07, 6.45) is 0. The molecule has 0 spiro atoms. The largest absolute Gasteiger partial charge is 0.399 e. The highest BCUT2D eigenvalue weighted by Gasteiger charge is 2.14. The molecule has 5 rings (SSSR count). The Morgan fingerprint density at radius 3 is 2.20 bits per heavy atom. The van der Waals surface area contributed by atoms with Crippen molar-refractivity contribution in [3.05, 3.63) is 72.3 Å². The molecule has 0 fully saturated rings. The van der Waals surface area contributed by atoms with Gasteiger partial charge in [0.25, 0.3) is 0 Å². The number of hydrogen-bond acceptors (Lipinski definition) is 2. The maximum absolute atomic E-state index is 6.00. The van der Waals surface area contributed by atoms with Gasteiger partial charge in [-0.2, -0.15) is 0 Å². The second-order valence-corrected chi connectivity index (χ2v) is 6.47. The van der Waals surface area contributed by atoms with Gasteiger partial charge in [0.05, 0.1) is 11.0 Å². The van der Waals surface area contributed by atoms with E-state index in [-0.39, 0.29) is 0 Å². The third kappa shape index (κ3) is 2.02. The van der Waals surface area contributed by atoms with Gasteiger partial charge in [-0.3, -0.25) is 0 Å². The molecule has 0 aliphatic rings. The number of anilines is 1. The van der Waals surface area contributed by atoms with Crippen LogP contribution in [0.2, 0.25) is 0 Å². The van der Waals surface area contributed by atoms with E-state index in [0.717, 1.165) is 33.7 Å². The summed E-state index contributed by atoms with van der Waals surface area (Å²) in [5.41, 5.74) is 11.0. The van der Waals surface area contributed by atoms with Crippen LogP contribution in [0.1, 0.15) is 5.56 Å². The van der Waals surface area contributed by atoms with E-state index in [0.29, 0.717) is 0 Å². The lowest BCUT2D eigenvalue weighted by atomic mass is 10.0. The molecule has 3 nitrogen and oxygen atoms in total. The lowest BCUT2D eigenvalue weighted by Gasteiger charge is -2.05. The van der Waals surface area contributed by atoms with Gasteiger partial charge in [-0.25, -0.2) is 4.98 Å². The van der Waals surface area contributed by atoms with Crippen LogP contribution in [0.15, 0.2) is 66.7 Å². The number of H-pyrrole nitrogens is 1. The van der Waals surface area contributed by atoms with Crippen LogP contribution in [0, 0.1) is 6.92 Å². The Morgan fingerprint density at radius 2 is 1.44 bits per heavy atom. The number of aromatic amines is 1. The molecule has 120 valence electrons. The van der Waals surface area contributed by atoms with Crippen LogP contribution in [-0.2, 0) is 0 Å². The number of aryl methyl sites for hydroxylation is 1. The summed E-state index contributed by atoms with van der Waals surface area (Å²) in [7, 11) is 0. The van der Waals surface area contributed by atoms with Crippen LogP contribution < -0.4 is 5.73 Å². The van der Waals surface area contributed by atoms with Gasteiger partial charge in [-0.1, -0.05) is 54.6 Å². The van der Waals surface area contributed by atoms with E-state index in [1.807, 2.05) is 18.2 Å². The summed E-state index contributed by atoms with van der Waals surface area (Å²) in [6, 6.07) is 22.9. The number of nitrogens with one attached hydrogen (secondary N) is 1. The summed E-state index contributed by atoms with van der Waals surface area (Å²) in [5.74, 6) is 0.862. The van der Waals surface area contributed by atoms with Crippen molar-refractivity contribution >= 4 is 38.3 Å². The van der Waals surface area contributed by atoms with Crippen molar-refractivity contribution < 1.29 is 0 Å². The summed E-state index contributed by atoms with van der Waals surface area (Å²) in [4.78, 5) is 8.50. The topological polar surface area (TPSA) is 54.7 Å². The van der Waals surface area contributed by atoms with E-state index in [2.05, 4.69) is 60.4 Å². The first-order chi connectivity index (χ1) is 12.2. The molecule has 0 saturated carbocycles. The van der Waals surface area contributed by atoms with Crippen molar-refractivity contribution in [3.63, 3.8) is 0 Å². The van der Waals surface area contributed by atoms with Gasteiger partial charge < -0.3 is 10.7 Å². The monoisotopic (exact) mass is 323 g/mol. The standard InChI is InChI=1S/C22H17N3/c1-13-10-11-14(23)12-19(13)22-24-20-17-8-4-2-6-15(17)16-7-3-5-9-18(16)21(20)25-22/h2-12H,23H2,1H3,(H,24,25). The van der Waals surface area contributed by atoms with Gasteiger partial charge in [0.1, 0.15) is 5.82 Å². The molecule has 0 unspecified atom stereocenters. The van der Waals surface area contributed by atoms with Gasteiger partial charge >= 0.3 is 0 Å². The Hall–Kier alpha value is -3.33. The molecule has 3 N–H and O–H groups in total. The Bertz CT molecular complexity index is 1190. The molecule has 0 aliphatic carbocycles. The summed E-state index contributed by atoms with van der Waals surface area (Å²) >= 11 is 0. The lowest BCUT2D eigenvalue weighted by Crippen LogP contribution is -1.90. The zero-order chi connectivity index (χ0) is 17.0. The number of fused-ring (bicyclic) bond motifs is 6. The fourth-order valence-corrected chi connectivity index (χ4v) is 3.65. The molecule has 4 aromatic carbocycles. The predicted octanol–water partition coefficient (Wildman–Crippen LogP) is 5.43. The molecule has 5 aromatic rings. The Balaban J connectivity index is 1.96. The number of nitrogens with zero attached hydrogens (tertiary/aromatic N) is 1. The van der Waals surface area contributed by atoms with Crippen molar-refractivity contribution in [2.24, 2.45) is 0 Å². The summed E-state index contributed by atoms with van der Waals surface area (Å²) < 4.78 is 0. The Labute approximate surface area is 145 Å². The van der Waals surface area contributed by atoms with Crippen molar-refractivity contribution in [2.45, 2.75) is 6.92 Å². The van der Waals surface area contributed by atoms with Crippen molar-refractivity contribution in [2.75, 3.05) is 5.73 Å². The third-order valence-corrected chi connectivity index (χ3v) is 4.89. The maximum Gasteiger partial charge on any atom is 0.138 e. The van der Waals surface area contributed by atoms with Crippen LogP contribution in [-0.4, -0.2) is 9.97 Å². The van der Waals surface area contributed by atoms with E-state index in [9.17, 15) is 0 Å². The fraction of sp³-hybridized carbons (Fsp3) is 0.0455. The van der Waals surface area contributed by atoms with Crippen molar-refractivity contribution in [1.82, 2.24) is 9.97 Å². The molecular weight excluding hydrogens is 306 g/mol. The second-order valence-electron chi connectivity index (χ2n) is 6.47. The van der Waals surface area contributed by atoms with Crippen LogP contribution in [0.25, 0.3) is 44.0 Å². The van der Waals surface area contributed by atoms with E-state index < -0.39 is 0 Å². The van der Waals surface area contributed by atoms with Crippen LogP contribution >= 0.6 is 0 Å². The SMILES string of the molecule is Cc1ccc(N)cc1-c1nc2c3ccccc3c3ccccc3c2[nH]1. The molecule has 1 heterocycles. The molecule has 0 bridgehead atoms. The molecular formula is C22H17N3. The van der Waals surface area contributed by atoms with Gasteiger partial charge in [0.15, 0.2) is 0 Å². The smallest absolute Gasteiger partial charge is 0.138 e. The maximum atomic E-state index is 6.00. The minimum atomic E-state index is 0.746. The first-order valence-electron chi connectivity index (χ1n) is 8.38. The molecule has 1 aromatic heterocycles. The van der Waals surface area contributed by atoms with Gasteiger partial charge in [-0.15, -0.1) is 0 Å². The zero-order valence-electron chi connectivity index (χ0n) is 13.9. The number of hydrogen-bond donors (Lipinski definition) is 2.